The molecular formula is C9H8ClNOS. The maximum atomic E-state index is 6.01. The molecule has 0 radical (unpaired) electrons. The first-order valence-corrected chi connectivity index (χ1v) is 5.05. The van der Waals surface area contributed by atoms with Crippen molar-refractivity contribution in [3.8, 4) is 0 Å². The van der Waals surface area contributed by atoms with Crippen LogP contribution in [-0.2, 0) is 11.4 Å². The van der Waals surface area contributed by atoms with Gasteiger partial charge in [-0.05, 0) is 22.4 Å². The molecule has 2 N–H and O–H groups in total. The van der Waals surface area contributed by atoms with Gasteiger partial charge in [-0.1, -0.05) is 23.7 Å². The number of thiophene rings is 1. The van der Waals surface area contributed by atoms with Crippen molar-refractivity contribution in [1.82, 2.24) is 0 Å². The molecular weight excluding hydrogens is 206 g/mol. The van der Waals surface area contributed by atoms with Gasteiger partial charge in [0.05, 0.1) is 16.3 Å². The molecule has 0 amide bonds. The summed E-state index contributed by atoms with van der Waals surface area (Å²) in [6, 6.07) is 5.83. The summed E-state index contributed by atoms with van der Waals surface area (Å²) in [5, 5.41) is 3.93. The highest BCUT2D eigenvalue weighted by Crippen LogP contribution is 2.31. The highest BCUT2D eigenvalue weighted by molar-refractivity contribution is 7.18. The third-order valence-corrected chi connectivity index (χ3v) is 3.38. The molecule has 13 heavy (non-hydrogen) atoms. The van der Waals surface area contributed by atoms with Crippen LogP contribution < -0.4 is 5.90 Å². The maximum Gasteiger partial charge on any atom is 0.0944 e. The largest absolute Gasteiger partial charge is 0.300 e. The fourth-order valence-corrected chi connectivity index (χ4v) is 2.55. The van der Waals surface area contributed by atoms with Crippen LogP contribution in [0.3, 0.4) is 0 Å². The highest BCUT2D eigenvalue weighted by Gasteiger charge is 2.05. The van der Waals surface area contributed by atoms with Crippen molar-refractivity contribution in [1.29, 1.82) is 0 Å². The monoisotopic (exact) mass is 213 g/mol. The summed E-state index contributed by atoms with van der Waals surface area (Å²) in [7, 11) is 0. The minimum Gasteiger partial charge on any atom is -0.300 e. The van der Waals surface area contributed by atoms with Crippen LogP contribution >= 0.6 is 22.9 Å². The summed E-state index contributed by atoms with van der Waals surface area (Å²) in [6.45, 7) is 0.431. The minimum atomic E-state index is 0.431. The van der Waals surface area contributed by atoms with Crippen LogP contribution in [0.1, 0.15) is 5.56 Å². The van der Waals surface area contributed by atoms with Crippen LogP contribution in [0.4, 0.5) is 0 Å². The Balaban J connectivity index is 2.61. The third kappa shape index (κ3) is 1.56. The smallest absolute Gasteiger partial charge is 0.0944 e. The SMILES string of the molecule is NOCc1csc2c(Cl)cccc12. The number of hydrogen-bond donors (Lipinski definition) is 1. The van der Waals surface area contributed by atoms with Gasteiger partial charge >= 0.3 is 0 Å². The van der Waals surface area contributed by atoms with Crippen molar-refractivity contribution in [2.45, 2.75) is 6.61 Å². The van der Waals surface area contributed by atoms with E-state index in [0.717, 1.165) is 20.7 Å². The first-order chi connectivity index (χ1) is 6.33. The van der Waals surface area contributed by atoms with Crippen LogP contribution in [0.5, 0.6) is 0 Å². The average Bonchev–Trinajstić information content (AvgIpc) is 2.51. The van der Waals surface area contributed by atoms with E-state index in [0.29, 0.717) is 6.61 Å². The van der Waals surface area contributed by atoms with Crippen LogP contribution in [0.25, 0.3) is 10.1 Å². The van der Waals surface area contributed by atoms with Gasteiger partial charge in [0, 0.05) is 0 Å². The molecule has 0 fully saturated rings. The molecule has 1 aromatic heterocycles. The molecule has 0 unspecified atom stereocenters. The lowest BCUT2D eigenvalue weighted by molar-refractivity contribution is 0.125. The summed E-state index contributed by atoms with van der Waals surface area (Å²) in [5.74, 6) is 5.02. The second kappa shape index (κ2) is 3.64. The van der Waals surface area contributed by atoms with Crippen molar-refractivity contribution in [2.24, 2.45) is 5.90 Å². The molecule has 68 valence electrons. The number of nitrogens with two attached hydrogens (primary N) is 1. The number of hydrogen-bond acceptors (Lipinski definition) is 3. The maximum absolute atomic E-state index is 6.01. The normalized spacial score (nSPS) is 10.9. The average molecular weight is 214 g/mol. The van der Waals surface area contributed by atoms with Crippen molar-refractivity contribution >= 4 is 33.0 Å². The van der Waals surface area contributed by atoms with Crippen molar-refractivity contribution < 1.29 is 4.84 Å². The Kier molecular flexibility index (Phi) is 2.51. The standard InChI is InChI=1S/C9H8ClNOS/c10-8-3-1-2-7-6(4-12-11)5-13-9(7)8/h1-3,5H,4,11H2. The zero-order chi connectivity index (χ0) is 9.26. The Morgan fingerprint density at radius 1 is 1.46 bits per heavy atom. The molecule has 0 saturated heterocycles. The fraction of sp³-hybridized carbons (Fsp3) is 0.111. The van der Waals surface area contributed by atoms with Gasteiger partial charge in [-0.2, -0.15) is 0 Å². The van der Waals surface area contributed by atoms with Gasteiger partial charge in [-0.25, -0.2) is 5.90 Å². The molecule has 0 aliphatic rings. The first-order valence-electron chi connectivity index (χ1n) is 3.79. The molecule has 0 bridgehead atoms. The van der Waals surface area contributed by atoms with E-state index < -0.39 is 0 Å². The summed E-state index contributed by atoms with van der Waals surface area (Å²) in [5.41, 5.74) is 1.09. The van der Waals surface area contributed by atoms with Gasteiger partial charge in [-0.15, -0.1) is 11.3 Å². The molecule has 0 spiro atoms. The van der Waals surface area contributed by atoms with Crippen LogP contribution in [-0.4, -0.2) is 0 Å². The van der Waals surface area contributed by atoms with Gasteiger partial charge in [0.25, 0.3) is 0 Å². The summed E-state index contributed by atoms with van der Waals surface area (Å²) >= 11 is 7.62. The molecule has 2 rings (SSSR count). The summed E-state index contributed by atoms with van der Waals surface area (Å²) in [6.07, 6.45) is 0. The highest BCUT2D eigenvalue weighted by atomic mass is 35.5. The zero-order valence-electron chi connectivity index (χ0n) is 6.79. The van der Waals surface area contributed by atoms with E-state index in [1.165, 1.54) is 0 Å². The summed E-state index contributed by atoms with van der Waals surface area (Å²) in [4.78, 5) is 4.60. The molecule has 2 nitrogen and oxygen atoms in total. The molecule has 4 heteroatoms. The topological polar surface area (TPSA) is 35.2 Å². The van der Waals surface area contributed by atoms with E-state index in [1.807, 2.05) is 23.6 Å². The molecule has 0 saturated carbocycles. The third-order valence-electron chi connectivity index (χ3n) is 1.87. The molecule has 0 atom stereocenters. The van der Waals surface area contributed by atoms with E-state index in [9.17, 15) is 0 Å². The zero-order valence-corrected chi connectivity index (χ0v) is 8.36. The predicted octanol–water partition coefficient (Wildman–Crippen LogP) is 2.95. The molecule has 1 heterocycles. The van der Waals surface area contributed by atoms with Gasteiger partial charge in [0.15, 0.2) is 0 Å². The van der Waals surface area contributed by atoms with Crippen molar-refractivity contribution in [3.63, 3.8) is 0 Å². The summed E-state index contributed by atoms with van der Waals surface area (Å²) < 4.78 is 1.09. The molecule has 0 aliphatic heterocycles. The number of halogens is 1. The number of fused-ring (bicyclic) bond motifs is 1. The van der Waals surface area contributed by atoms with Gasteiger partial charge in [-0.3, -0.25) is 4.84 Å². The lowest BCUT2D eigenvalue weighted by Crippen LogP contribution is -1.97. The Hall–Kier alpha value is -0.610. The van der Waals surface area contributed by atoms with Crippen LogP contribution in [0.15, 0.2) is 23.6 Å². The second-order valence-electron chi connectivity index (χ2n) is 2.69. The van der Waals surface area contributed by atoms with Crippen molar-refractivity contribution in [3.05, 3.63) is 34.2 Å². The van der Waals surface area contributed by atoms with Crippen molar-refractivity contribution in [2.75, 3.05) is 0 Å². The quantitative estimate of drug-likeness (QED) is 0.779. The van der Waals surface area contributed by atoms with E-state index in [2.05, 4.69) is 4.84 Å². The minimum absolute atomic E-state index is 0.431. The van der Waals surface area contributed by atoms with Crippen LogP contribution in [0, 0.1) is 0 Å². The van der Waals surface area contributed by atoms with Crippen LogP contribution in [0.2, 0.25) is 5.02 Å². The second-order valence-corrected chi connectivity index (χ2v) is 3.98. The predicted molar refractivity (Wildman–Crippen MR) is 55.8 cm³/mol. The van der Waals surface area contributed by atoms with E-state index >= 15 is 0 Å². The van der Waals surface area contributed by atoms with E-state index in [1.54, 1.807) is 11.3 Å². The van der Waals surface area contributed by atoms with Gasteiger partial charge < -0.3 is 0 Å². The number of benzene rings is 1. The van der Waals surface area contributed by atoms with E-state index in [4.69, 9.17) is 17.5 Å². The lowest BCUT2D eigenvalue weighted by atomic mass is 10.2. The fourth-order valence-electron chi connectivity index (χ4n) is 1.28. The molecule has 0 aliphatic carbocycles. The van der Waals surface area contributed by atoms with Gasteiger partial charge in [0.2, 0.25) is 0 Å². The van der Waals surface area contributed by atoms with Gasteiger partial charge in [0.1, 0.15) is 0 Å². The van der Waals surface area contributed by atoms with E-state index in [-0.39, 0.29) is 0 Å². The molecule has 2 aromatic rings. The Labute approximate surface area is 84.8 Å². The Bertz CT molecular complexity index is 426. The first kappa shape index (κ1) is 8.97. The number of rotatable bonds is 2. The lowest BCUT2D eigenvalue weighted by Gasteiger charge is -1.96. The molecule has 1 aromatic carbocycles. The Morgan fingerprint density at radius 2 is 2.31 bits per heavy atom. The Morgan fingerprint density at radius 3 is 3.08 bits per heavy atom.